The van der Waals surface area contributed by atoms with E-state index in [0.29, 0.717) is 77.9 Å². The number of aliphatic imine (C=N–C) groups is 1. The van der Waals surface area contributed by atoms with Crippen LogP contribution < -0.4 is 31.2 Å². The smallest absolute Gasteiger partial charge is 0.322 e. The molecule has 0 bridgehead atoms. The third kappa shape index (κ3) is 9.64. The number of carbonyl (C=O) groups excluding carboxylic acids is 5. The molecule has 16 nitrogen and oxygen atoms in total. The van der Waals surface area contributed by atoms with Crippen LogP contribution in [-0.4, -0.2) is 95.3 Å². The molecule has 2 aliphatic rings. The van der Waals surface area contributed by atoms with E-state index in [9.17, 15) is 24.0 Å². The van der Waals surface area contributed by atoms with E-state index < -0.39 is 12.0 Å². The van der Waals surface area contributed by atoms with Gasteiger partial charge in [0.15, 0.2) is 11.5 Å². The van der Waals surface area contributed by atoms with Gasteiger partial charge >= 0.3 is 5.97 Å². The number of aromatic nitrogens is 2. The Labute approximate surface area is 336 Å². The van der Waals surface area contributed by atoms with Crippen molar-refractivity contribution in [3.63, 3.8) is 0 Å². The van der Waals surface area contributed by atoms with E-state index >= 15 is 0 Å². The lowest BCUT2D eigenvalue weighted by atomic mass is 10.1. The summed E-state index contributed by atoms with van der Waals surface area (Å²) in [6, 6.07) is 13.1. The first-order valence-corrected chi connectivity index (χ1v) is 18.9. The standard InChI is InChI=1S/C42H48N8O8/c1-25-16-31-21-45-33-20-37(36(56-5)19-32(33)41(54)50(31)22-25)57-14-6-8-38(51)46-30-18-35(49(4)24-30)40(53)47-29-11-9-27(10-12-29)28-17-34(48(3)23-28)39(52)44-13-7-15-58-42(55)26(2)43/h9-12,17-21,23-24,26,31H,1,6-8,13-16,22,43H2,2-5H3,(H,44,52)(H,46,51)(H,47,53)/t26?,31-/m0/s1. The maximum Gasteiger partial charge on any atom is 0.322 e. The van der Waals surface area contributed by atoms with E-state index in [-0.39, 0.29) is 49.3 Å². The average Bonchev–Trinajstić information content (AvgIpc) is 3.88. The Morgan fingerprint density at radius 1 is 0.914 bits per heavy atom. The second-order valence-corrected chi connectivity index (χ2v) is 14.3. The molecule has 2 atom stereocenters. The number of nitrogens with two attached hydrogens (primary N) is 1. The van der Waals surface area contributed by atoms with Crippen molar-refractivity contribution >= 4 is 52.9 Å². The summed E-state index contributed by atoms with van der Waals surface area (Å²) < 4.78 is 19.9. The number of methoxy groups -OCH3 is 1. The number of hydrogen-bond donors (Lipinski definition) is 4. The Hall–Kier alpha value is -6.68. The third-order valence-electron chi connectivity index (χ3n) is 9.71. The molecule has 0 aliphatic carbocycles. The van der Waals surface area contributed by atoms with Gasteiger partial charge in [0.05, 0.1) is 43.3 Å². The van der Waals surface area contributed by atoms with E-state index in [2.05, 4.69) is 27.5 Å². The van der Waals surface area contributed by atoms with E-state index in [0.717, 1.165) is 16.7 Å². The molecule has 6 rings (SSSR count). The number of anilines is 2. The number of ether oxygens (including phenoxy) is 3. The van der Waals surface area contributed by atoms with Crippen molar-refractivity contribution in [3.05, 3.63) is 90.0 Å². The second-order valence-electron chi connectivity index (χ2n) is 14.3. The predicted molar refractivity (Wildman–Crippen MR) is 219 cm³/mol. The number of nitrogens with one attached hydrogen (secondary N) is 3. The molecule has 1 unspecified atom stereocenters. The normalized spacial score (nSPS) is 14.9. The van der Waals surface area contributed by atoms with Crippen molar-refractivity contribution in [1.29, 1.82) is 0 Å². The molecule has 58 heavy (non-hydrogen) atoms. The zero-order valence-electron chi connectivity index (χ0n) is 33.0. The van der Waals surface area contributed by atoms with Crippen LogP contribution in [0, 0.1) is 0 Å². The van der Waals surface area contributed by atoms with Gasteiger partial charge in [0.1, 0.15) is 17.4 Å². The molecule has 0 radical (unpaired) electrons. The van der Waals surface area contributed by atoms with Gasteiger partial charge in [-0.1, -0.05) is 24.3 Å². The van der Waals surface area contributed by atoms with Crippen LogP contribution in [0.2, 0.25) is 0 Å². The summed E-state index contributed by atoms with van der Waals surface area (Å²) >= 11 is 0. The molecule has 1 saturated heterocycles. The third-order valence-corrected chi connectivity index (χ3v) is 9.71. The van der Waals surface area contributed by atoms with Gasteiger partial charge in [-0.05, 0) is 62.1 Å². The van der Waals surface area contributed by atoms with Crippen LogP contribution in [0.15, 0.2) is 78.1 Å². The number of amides is 4. The van der Waals surface area contributed by atoms with E-state index in [1.165, 1.54) is 7.11 Å². The van der Waals surface area contributed by atoms with Gasteiger partial charge in [-0.25, -0.2) is 0 Å². The number of benzene rings is 2. The SMILES string of the molecule is C=C1C[C@H]2C=Nc3cc(OCCCC(=O)Nc4cc(C(=O)Nc5ccc(-c6cc(C(=O)NCCCOC(=O)C(C)N)n(C)c6)cc5)n(C)c4)c(OC)cc3C(=O)N2C1. The number of esters is 1. The minimum Gasteiger partial charge on any atom is -0.493 e. The molecule has 1 fully saturated rings. The number of hydrogen-bond acceptors (Lipinski definition) is 10. The molecule has 16 heteroatoms. The Balaban J connectivity index is 0.961. The lowest BCUT2D eigenvalue weighted by molar-refractivity contribution is -0.144. The number of fused-ring (bicyclic) bond motifs is 2. The van der Waals surface area contributed by atoms with Crippen molar-refractivity contribution in [2.45, 2.75) is 44.7 Å². The van der Waals surface area contributed by atoms with Gasteiger partial charge in [-0.15, -0.1) is 0 Å². The van der Waals surface area contributed by atoms with E-state index in [1.54, 1.807) is 83.9 Å². The highest BCUT2D eigenvalue weighted by Crippen LogP contribution is 2.38. The highest BCUT2D eigenvalue weighted by Gasteiger charge is 2.34. The highest BCUT2D eigenvalue weighted by atomic mass is 16.5. The summed E-state index contributed by atoms with van der Waals surface area (Å²) in [7, 11) is 5.00. The van der Waals surface area contributed by atoms with Crippen LogP contribution in [0.5, 0.6) is 11.5 Å². The Kier molecular flexibility index (Phi) is 12.8. The van der Waals surface area contributed by atoms with Gasteiger partial charge in [0, 0.05) is 69.5 Å². The summed E-state index contributed by atoms with van der Waals surface area (Å²) in [4.78, 5) is 69.8. The van der Waals surface area contributed by atoms with Crippen molar-refractivity contribution in [2.75, 3.05) is 44.0 Å². The molecule has 4 heterocycles. The molecule has 304 valence electrons. The zero-order chi connectivity index (χ0) is 41.5. The van der Waals surface area contributed by atoms with Crippen LogP contribution in [-0.2, 0) is 28.4 Å². The van der Waals surface area contributed by atoms with E-state index in [1.807, 2.05) is 18.3 Å². The van der Waals surface area contributed by atoms with Crippen molar-refractivity contribution in [2.24, 2.45) is 24.8 Å². The van der Waals surface area contributed by atoms with E-state index in [4.69, 9.17) is 19.9 Å². The molecular formula is C42H48N8O8. The molecule has 5 N–H and O–H groups in total. The summed E-state index contributed by atoms with van der Waals surface area (Å²) in [6.45, 7) is 6.77. The van der Waals surface area contributed by atoms with Gasteiger partial charge in [-0.3, -0.25) is 29.0 Å². The Morgan fingerprint density at radius 2 is 1.66 bits per heavy atom. The molecule has 0 spiro atoms. The fraction of sp³-hybridized carbons (Fsp3) is 0.333. The second kappa shape index (κ2) is 18.1. The van der Waals surface area contributed by atoms with Crippen molar-refractivity contribution in [1.82, 2.24) is 19.4 Å². The van der Waals surface area contributed by atoms with Gasteiger partial charge in [-0.2, -0.15) is 0 Å². The monoisotopic (exact) mass is 792 g/mol. The first kappa shape index (κ1) is 41.0. The highest BCUT2D eigenvalue weighted by molar-refractivity contribution is 6.05. The number of nitrogens with zero attached hydrogens (tertiary/aromatic N) is 4. The maximum absolute atomic E-state index is 13.2. The molecule has 2 aromatic heterocycles. The molecule has 2 aliphatic heterocycles. The predicted octanol–water partition coefficient (Wildman–Crippen LogP) is 4.59. The van der Waals surface area contributed by atoms with Crippen LogP contribution in [0.4, 0.5) is 17.1 Å². The lowest BCUT2D eigenvalue weighted by Crippen LogP contribution is -2.35. The van der Waals surface area contributed by atoms with Crippen molar-refractivity contribution < 1.29 is 38.2 Å². The van der Waals surface area contributed by atoms with Gasteiger partial charge in [0.25, 0.3) is 17.7 Å². The fourth-order valence-electron chi connectivity index (χ4n) is 6.66. The number of aryl methyl sites for hydroxylation is 2. The molecule has 4 amide bonds. The summed E-state index contributed by atoms with van der Waals surface area (Å²) in [5.74, 6) is -0.659. The lowest BCUT2D eigenvalue weighted by Gasteiger charge is -2.20. The maximum atomic E-state index is 13.2. The van der Waals surface area contributed by atoms with Crippen LogP contribution in [0.3, 0.4) is 0 Å². The minimum atomic E-state index is -0.692. The topological polar surface area (TPSA) is 201 Å². The fourth-order valence-corrected chi connectivity index (χ4v) is 6.66. The van der Waals surface area contributed by atoms with Gasteiger partial charge < -0.3 is 49.9 Å². The summed E-state index contributed by atoms with van der Waals surface area (Å²) in [5.41, 5.74) is 10.9. The molecular weight excluding hydrogens is 745 g/mol. The quantitative estimate of drug-likeness (QED) is 0.0712. The molecule has 0 saturated carbocycles. The zero-order valence-corrected chi connectivity index (χ0v) is 33.0. The molecule has 2 aromatic carbocycles. The first-order valence-electron chi connectivity index (χ1n) is 18.9. The average molecular weight is 793 g/mol. The molecule has 4 aromatic rings. The summed E-state index contributed by atoms with van der Waals surface area (Å²) in [6.07, 6.45) is 6.97. The van der Waals surface area contributed by atoms with Crippen LogP contribution >= 0.6 is 0 Å². The van der Waals surface area contributed by atoms with Crippen molar-refractivity contribution in [3.8, 4) is 22.6 Å². The minimum absolute atomic E-state index is 0.125. The van der Waals surface area contributed by atoms with Gasteiger partial charge in [0.2, 0.25) is 5.91 Å². The van der Waals surface area contributed by atoms with Crippen LogP contribution in [0.25, 0.3) is 11.1 Å². The Morgan fingerprint density at radius 3 is 2.40 bits per heavy atom. The largest absolute Gasteiger partial charge is 0.493 e. The first-order chi connectivity index (χ1) is 27.8. The Bertz CT molecular complexity index is 2250. The number of rotatable bonds is 16. The van der Waals surface area contributed by atoms with Crippen LogP contribution in [0.1, 0.15) is 63.9 Å². The number of carbonyl (C=O) groups is 5. The summed E-state index contributed by atoms with van der Waals surface area (Å²) in [5, 5.41) is 8.56.